The summed E-state index contributed by atoms with van der Waals surface area (Å²) in [6.45, 7) is -0.616. The van der Waals surface area contributed by atoms with E-state index in [4.69, 9.17) is 21.5 Å². The number of sulfonamides is 1. The molecule has 0 radical (unpaired) electrons. The molecule has 3 rings (SSSR count). The Kier molecular flexibility index (Phi) is 6.85. The fourth-order valence-electron chi connectivity index (χ4n) is 3.72. The van der Waals surface area contributed by atoms with Crippen LogP contribution in [0, 0.1) is 0 Å². The molecule has 8 nitrogen and oxygen atoms in total. The van der Waals surface area contributed by atoms with E-state index in [1.165, 1.54) is 17.3 Å². The second kappa shape index (κ2) is 9.07. The predicted octanol–water partition coefficient (Wildman–Crippen LogP) is 2.70. The number of rotatable bonds is 6. The Morgan fingerprint density at radius 2 is 2.00 bits per heavy atom. The van der Waals surface area contributed by atoms with Crippen molar-refractivity contribution in [3.8, 4) is 0 Å². The zero-order valence-electron chi connectivity index (χ0n) is 16.7. The molecule has 1 aliphatic rings. The Morgan fingerprint density at radius 3 is 2.61 bits per heavy atom. The van der Waals surface area contributed by atoms with E-state index in [0.29, 0.717) is 23.4 Å². The molecule has 1 unspecified atom stereocenters. The number of amides is 1. The molecule has 1 amide bonds. The number of halogens is 1. The van der Waals surface area contributed by atoms with Crippen LogP contribution in [0.15, 0.2) is 39.9 Å². The smallest absolute Gasteiger partial charge is 0.339 e. The van der Waals surface area contributed by atoms with Crippen molar-refractivity contribution in [3.05, 3.63) is 51.9 Å². The van der Waals surface area contributed by atoms with Gasteiger partial charge in [0.25, 0.3) is 5.91 Å². The zero-order chi connectivity index (χ0) is 22.8. The van der Waals surface area contributed by atoms with Crippen LogP contribution >= 0.6 is 22.9 Å². The van der Waals surface area contributed by atoms with Crippen molar-refractivity contribution in [3.63, 3.8) is 0 Å². The van der Waals surface area contributed by atoms with E-state index in [2.05, 4.69) is 0 Å². The molecule has 11 heteroatoms. The van der Waals surface area contributed by atoms with Crippen molar-refractivity contribution in [1.82, 2.24) is 4.90 Å². The Balaban J connectivity index is 1.79. The molecule has 1 atom stereocenters. The first kappa shape index (κ1) is 23.4. The second-order valence-corrected chi connectivity index (χ2v) is 10.3. The van der Waals surface area contributed by atoms with Gasteiger partial charge in [-0.05, 0) is 31.4 Å². The number of hydrogen-bond donors (Lipinski definition) is 1. The van der Waals surface area contributed by atoms with E-state index in [1.807, 2.05) is 0 Å². The maximum Gasteiger partial charge on any atom is 0.339 e. The van der Waals surface area contributed by atoms with E-state index < -0.39 is 34.0 Å². The lowest BCUT2D eigenvalue weighted by Gasteiger charge is -2.43. The van der Waals surface area contributed by atoms with Gasteiger partial charge in [-0.3, -0.25) is 9.59 Å². The topological polar surface area (TPSA) is 124 Å². The van der Waals surface area contributed by atoms with Gasteiger partial charge in [0, 0.05) is 29.4 Å². The number of likely N-dealkylation sites (N-methyl/N-ethyl adjacent to an activating group) is 1. The summed E-state index contributed by atoms with van der Waals surface area (Å²) in [5, 5.41) is 6.70. The van der Waals surface area contributed by atoms with Gasteiger partial charge in [-0.1, -0.05) is 29.8 Å². The van der Waals surface area contributed by atoms with Crippen molar-refractivity contribution >= 4 is 50.6 Å². The van der Waals surface area contributed by atoms with Crippen LogP contribution in [0.4, 0.5) is 0 Å². The summed E-state index contributed by atoms with van der Waals surface area (Å²) in [6.07, 6.45) is 2.19. The van der Waals surface area contributed by atoms with E-state index in [0.717, 1.165) is 30.2 Å². The molecule has 0 bridgehead atoms. The molecule has 1 aliphatic carbocycles. The molecule has 1 aromatic carbocycles. The van der Waals surface area contributed by atoms with Gasteiger partial charge in [-0.25, -0.2) is 18.4 Å². The van der Waals surface area contributed by atoms with Crippen LogP contribution in [-0.4, -0.2) is 44.6 Å². The van der Waals surface area contributed by atoms with Gasteiger partial charge in [-0.15, -0.1) is 11.3 Å². The molecule has 1 heterocycles. The molecule has 1 aromatic heterocycles. The van der Waals surface area contributed by atoms with E-state index in [1.54, 1.807) is 24.3 Å². The second-order valence-electron chi connectivity index (χ2n) is 7.20. The lowest BCUT2D eigenvalue weighted by atomic mass is 9.74. The highest BCUT2D eigenvalue weighted by atomic mass is 35.5. The highest BCUT2D eigenvalue weighted by Gasteiger charge is 2.48. The van der Waals surface area contributed by atoms with Gasteiger partial charge >= 0.3 is 5.97 Å². The Labute approximate surface area is 189 Å². The highest BCUT2D eigenvalue weighted by Crippen LogP contribution is 2.42. The lowest BCUT2D eigenvalue weighted by Crippen LogP contribution is -2.55. The largest absolute Gasteiger partial charge is 0.452 e. The van der Waals surface area contributed by atoms with Gasteiger partial charge in [-0.2, -0.15) is 0 Å². The normalized spacial score (nSPS) is 19.1. The third-order valence-electron chi connectivity index (χ3n) is 5.34. The summed E-state index contributed by atoms with van der Waals surface area (Å²) < 4.78 is 27.6. The lowest BCUT2D eigenvalue weighted by molar-refractivity contribution is -0.150. The molecule has 1 fully saturated rings. The van der Waals surface area contributed by atoms with Crippen LogP contribution in [-0.2, 0) is 29.9 Å². The van der Waals surface area contributed by atoms with Crippen molar-refractivity contribution in [2.45, 2.75) is 35.4 Å². The number of nitrogens with zero attached hydrogens (tertiary/aromatic N) is 1. The molecular weight excluding hydrogens is 464 g/mol. The number of benzene rings is 1. The summed E-state index contributed by atoms with van der Waals surface area (Å²) in [4.78, 5) is 39.5. The van der Waals surface area contributed by atoms with Crippen LogP contribution in [0.3, 0.4) is 0 Å². The average molecular weight is 485 g/mol. The maximum atomic E-state index is 13.0. The fourth-order valence-corrected chi connectivity index (χ4v) is 5.59. The molecule has 1 saturated carbocycles. The molecule has 31 heavy (non-hydrogen) atoms. The number of carbonyl (C=O) groups excluding carboxylic acids is 3. The first-order valence-electron chi connectivity index (χ1n) is 9.41. The van der Waals surface area contributed by atoms with Crippen molar-refractivity contribution in [2.75, 3.05) is 13.7 Å². The van der Waals surface area contributed by atoms with Crippen molar-refractivity contribution < 1.29 is 27.5 Å². The third-order valence-corrected chi connectivity index (χ3v) is 8.05. The predicted molar refractivity (Wildman–Crippen MR) is 115 cm³/mol. The number of ketones is 1. The van der Waals surface area contributed by atoms with Gasteiger partial charge < -0.3 is 9.64 Å². The minimum absolute atomic E-state index is 0.0287. The Hall–Kier alpha value is -2.27. The van der Waals surface area contributed by atoms with Crippen LogP contribution in [0.25, 0.3) is 0 Å². The molecule has 2 aromatic rings. The minimum Gasteiger partial charge on any atom is -0.452 e. The fraction of sp³-hybridized carbons (Fsp3) is 0.350. The molecular formula is C20H21ClN2O6S2. The molecule has 166 valence electrons. The highest BCUT2D eigenvalue weighted by molar-refractivity contribution is 7.91. The van der Waals surface area contributed by atoms with E-state index in [9.17, 15) is 22.8 Å². The molecule has 0 spiro atoms. The number of primary sulfonamides is 1. The average Bonchev–Trinajstić information content (AvgIpc) is 3.23. The first-order valence-corrected chi connectivity index (χ1v) is 12.2. The van der Waals surface area contributed by atoms with E-state index in [-0.39, 0.29) is 15.6 Å². The summed E-state index contributed by atoms with van der Waals surface area (Å²) in [5.41, 5.74) is -0.721. The molecule has 0 saturated heterocycles. The SMILES string of the molecule is CN(C(=O)COC(=O)c1csc(S(N)(=O)=O)c1)C1(c2ccccc2Cl)CCCCC1=O. The maximum absolute atomic E-state index is 13.0. The van der Waals surface area contributed by atoms with Crippen LogP contribution in [0.1, 0.15) is 41.6 Å². The number of nitrogens with two attached hydrogens (primary N) is 1. The van der Waals surface area contributed by atoms with Gasteiger partial charge in [0.2, 0.25) is 10.0 Å². The number of esters is 1. The van der Waals surface area contributed by atoms with Crippen molar-refractivity contribution in [1.29, 1.82) is 0 Å². The first-order chi connectivity index (χ1) is 14.6. The Morgan fingerprint density at radius 1 is 1.29 bits per heavy atom. The van der Waals surface area contributed by atoms with Crippen LogP contribution < -0.4 is 5.14 Å². The van der Waals surface area contributed by atoms with Gasteiger partial charge in [0.05, 0.1) is 5.56 Å². The standard InChI is InChI=1S/C20H21ClN2O6S2/c1-23(17(25)11-29-19(26)13-10-18(30-12-13)31(22,27)28)20(9-5-4-8-16(20)24)14-6-2-3-7-15(14)21/h2-3,6-7,10,12H,4-5,8-9,11H2,1H3,(H2,22,27,28). The number of carbonyl (C=O) groups is 3. The monoisotopic (exact) mass is 484 g/mol. The number of thiophene rings is 1. The molecule has 0 aliphatic heterocycles. The Bertz CT molecular complexity index is 1130. The minimum atomic E-state index is -3.94. The molecule has 2 N–H and O–H groups in total. The van der Waals surface area contributed by atoms with Crippen molar-refractivity contribution in [2.24, 2.45) is 5.14 Å². The summed E-state index contributed by atoms with van der Waals surface area (Å²) in [5.74, 6) is -1.57. The van der Waals surface area contributed by atoms with Gasteiger partial charge in [0.1, 0.15) is 9.75 Å². The number of Topliss-reactive ketones (excluding diaryl/α,β-unsaturated/α-hetero) is 1. The quantitative estimate of drug-likeness (QED) is 0.628. The summed E-state index contributed by atoms with van der Waals surface area (Å²) in [7, 11) is -2.45. The number of ether oxygens (including phenoxy) is 1. The van der Waals surface area contributed by atoms with Crippen LogP contribution in [0.5, 0.6) is 0 Å². The summed E-state index contributed by atoms with van der Waals surface area (Å²) in [6, 6.07) is 7.97. The van der Waals surface area contributed by atoms with Crippen LogP contribution in [0.2, 0.25) is 5.02 Å². The number of hydrogen-bond acceptors (Lipinski definition) is 7. The zero-order valence-corrected chi connectivity index (χ0v) is 19.1. The van der Waals surface area contributed by atoms with E-state index >= 15 is 0 Å². The van der Waals surface area contributed by atoms with Gasteiger partial charge in [0.15, 0.2) is 12.4 Å². The third kappa shape index (κ3) is 4.67. The summed E-state index contributed by atoms with van der Waals surface area (Å²) >= 11 is 7.15.